The van der Waals surface area contributed by atoms with Crippen molar-refractivity contribution in [1.29, 1.82) is 0 Å². The van der Waals surface area contributed by atoms with Gasteiger partial charge in [0.1, 0.15) is 0 Å². The lowest BCUT2D eigenvalue weighted by atomic mass is 10.2. The van der Waals surface area contributed by atoms with Crippen molar-refractivity contribution in [3.05, 3.63) is 46.1 Å². The number of anilines is 1. The van der Waals surface area contributed by atoms with Gasteiger partial charge in [-0.1, -0.05) is 15.9 Å². The number of ether oxygens (including phenoxy) is 1. The van der Waals surface area contributed by atoms with Gasteiger partial charge < -0.3 is 15.6 Å². The topological polar surface area (TPSA) is 85.4 Å². The number of nitrogens with zero attached hydrogens (tertiary/aromatic N) is 1. The van der Waals surface area contributed by atoms with E-state index in [0.29, 0.717) is 0 Å². The van der Waals surface area contributed by atoms with Crippen molar-refractivity contribution in [3.8, 4) is 11.6 Å². The fourth-order valence-corrected chi connectivity index (χ4v) is 1.79. The summed E-state index contributed by atoms with van der Waals surface area (Å²) in [6, 6.07) is 3.24. The Kier molecular flexibility index (Phi) is 3.84. The SMILES string of the molecule is Nc1cc(C(=O)O)cnc1Oc1cc(Br)cc(F)c1F. The highest BCUT2D eigenvalue weighted by molar-refractivity contribution is 9.10. The fraction of sp³-hybridized carbons (Fsp3) is 0. The molecule has 3 N–H and O–H groups in total. The fourth-order valence-electron chi connectivity index (χ4n) is 1.38. The van der Waals surface area contributed by atoms with Crippen LogP contribution in [0.5, 0.6) is 11.6 Å². The highest BCUT2D eigenvalue weighted by Crippen LogP contribution is 2.31. The van der Waals surface area contributed by atoms with E-state index in [1.807, 2.05) is 0 Å². The van der Waals surface area contributed by atoms with E-state index in [9.17, 15) is 13.6 Å². The molecule has 1 aromatic carbocycles. The summed E-state index contributed by atoms with van der Waals surface area (Å²) in [5.41, 5.74) is 5.30. The number of aromatic nitrogens is 1. The first kappa shape index (κ1) is 14.2. The number of aromatic carboxylic acids is 1. The van der Waals surface area contributed by atoms with E-state index in [2.05, 4.69) is 20.9 Å². The maximum absolute atomic E-state index is 13.5. The third-order valence-electron chi connectivity index (χ3n) is 2.29. The molecule has 1 heterocycles. The molecular weight excluding hydrogens is 338 g/mol. The molecule has 0 amide bonds. The van der Waals surface area contributed by atoms with Crippen LogP contribution < -0.4 is 10.5 Å². The molecule has 0 saturated carbocycles. The molecule has 1 aromatic heterocycles. The van der Waals surface area contributed by atoms with Crippen molar-refractivity contribution < 1.29 is 23.4 Å². The number of carboxylic acid groups (broad SMARTS) is 1. The molecule has 5 nitrogen and oxygen atoms in total. The van der Waals surface area contributed by atoms with Crippen LogP contribution in [0.3, 0.4) is 0 Å². The van der Waals surface area contributed by atoms with Gasteiger partial charge in [0.05, 0.1) is 11.3 Å². The lowest BCUT2D eigenvalue weighted by Gasteiger charge is -2.09. The summed E-state index contributed by atoms with van der Waals surface area (Å²) in [7, 11) is 0. The van der Waals surface area contributed by atoms with Gasteiger partial charge >= 0.3 is 5.97 Å². The second-order valence-electron chi connectivity index (χ2n) is 3.73. The Hall–Kier alpha value is -2.22. The largest absolute Gasteiger partial charge is 0.478 e. The maximum Gasteiger partial charge on any atom is 0.337 e. The summed E-state index contributed by atoms with van der Waals surface area (Å²) in [5, 5.41) is 8.75. The zero-order valence-corrected chi connectivity index (χ0v) is 11.3. The Bertz CT molecular complexity index is 695. The van der Waals surface area contributed by atoms with Gasteiger partial charge in [-0.3, -0.25) is 0 Å². The highest BCUT2D eigenvalue weighted by Gasteiger charge is 2.15. The predicted octanol–water partition coefficient (Wildman–Crippen LogP) is 3.20. The third-order valence-corrected chi connectivity index (χ3v) is 2.75. The molecule has 2 rings (SSSR count). The first-order valence-corrected chi connectivity index (χ1v) is 5.99. The van der Waals surface area contributed by atoms with Gasteiger partial charge in [0.25, 0.3) is 0 Å². The smallest absolute Gasteiger partial charge is 0.337 e. The van der Waals surface area contributed by atoms with Crippen molar-refractivity contribution in [3.63, 3.8) is 0 Å². The van der Waals surface area contributed by atoms with Gasteiger partial charge in [0.2, 0.25) is 11.7 Å². The van der Waals surface area contributed by atoms with Crippen molar-refractivity contribution in [1.82, 2.24) is 4.98 Å². The molecule has 0 aliphatic rings. The molecule has 0 aliphatic heterocycles. The van der Waals surface area contributed by atoms with Gasteiger partial charge in [0.15, 0.2) is 11.6 Å². The van der Waals surface area contributed by atoms with Crippen LogP contribution in [0.2, 0.25) is 0 Å². The predicted molar refractivity (Wildman–Crippen MR) is 69.7 cm³/mol. The number of nitrogens with two attached hydrogens (primary N) is 1. The number of rotatable bonds is 3. The van der Waals surface area contributed by atoms with Crippen LogP contribution in [0.1, 0.15) is 10.4 Å². The molecule has 0 unspecified atom stereocenters. The molecule has 0 atom stereocenters. The van der Waals surface area contributed by atoms with Crippen LogP contribution in [-0.4, -0.2) is 16.1 Å². The van der Waals surface area contributed by atoms with Crippen LogP contribution in [-0.2, 0) is 0 Å². The monoisotopic (exact) mass is 344 g/mol. The third kappa shape index (κ3) is 2.85. The van der Waals surface area contributed by atoms with E-state index in [0.717, 1.165) is 18.3 Å². The standard InChI is InChI=1S/C12H7BrF2N2O3/c13-6-2-7(14)10(15)9(3-6)20-11-8(16)1-5(4-17-11)12(18)19/h1-4H,16H2,(H,18,19). The first-order chi connectivity index (χ1) is 9.38. The van der Waals surface area contributed by atoms with Gasteiger partial charge in [0, 0.05) is 10.7 Å². The van der Waals surface area contributed by atoms with E-state index < -0.39 is 23.4 Å². The van der Waals surface area contributed by atoms with Crippen LogP contribution in [0.25, 0.3) is 0 Å². The molecule has 8 heteroatoms. The van der Waals surface area contributed by atoms with Gasteiger partial charge in [-0.05, 0) is 18.2 Å². The Morgan fingerprint density at radius 1 is 1.35 bits per heavy atom. The summed E-state index contributed by atoms with van der Waals surface area (Å²) in [6.07, 6.45) is 1.00. The number of pyridine rings is 1. The molecule has 104 valence electrons. The summed E-state index contributed by atoms with van der Waals surface area (Å²) in [4.78, 5) is 14.4. The van der Waals surface area contributed by atoms with E-state index >= 15 is 0 Å². The van der Waals surface area contributed by atoms with Gasteiger partial charge in [-0.2, -0.15) is 4.39 Å². The number of nitrogen functional groups attached to an aromatic ring is 1. The molecule has 2 aromatic rings. The second kappa shape index (κ2) is 5.41. The minimum atomic E-state index is -1.21. The number of benzene rings is 1. The Morgan fingerprint density at radius 3 is 2.65 bits per heavy atom. The molecule has 0 fully saturated rings. The quantitative estimate of drug-likeness (QED) is 0.835. The number of carbonyl (C=O) groups is 1. The summed E-state index contributed by atoms with van der Waals surface area (Å²) >= 11 is 2.99. The summed E-state index contributed by atoms with van der Waals surface area (Å²) in [5.74, 6) is -4.15. The first-order valence-electron chi connectivity index (χ1n) is 5.19. The molecule has 20 heavy (non-hydrogen) atoms. The summed E-state index contributed by atoms with van der Waals surface area (Å²) in [6.45, 7) is 0. The number of hydrogen-bond acceptors (Lipinski definition) is 4. The minimum absolute atomic E-state index is 0.107. The Morgan fingerprint density at radius 2 is 2.05 bits per heavy atom. The van der Waals surface area contributed by atoms with E-state index in [1.165, 1.54) is 6.07 Å². The number of halogens is 3. The van der Waals surface area contributed by atoms with E-state index in [4.69, 9.17) is 15.6 Å². The lowest BCUT2D eigenvalue weighted by Crippen LogP contribution is -2.02. The molecule has 0 radical (unpaired) electrons. The van der Waals surface area contributed by atoms with Crippen LogP contribution in [0.4, 0.5) is 14.5 Å². The van der Waals surface area contributed by atoms with Crippen LogP contribution in [0, 0.1) is 11.6 Å². The number of hydrogen-bond donors (Lipinski definition) is 2. The molecule has 0 aliphatic carbocycles. The van der Waals surface area contributed by atoms with Crippen LogP contribution in [0.15, 0.2) is 28.9 Å². The maximum atomic E-state index is 13.5. The zero-order valence-electron chi connectivity index (χ0n) is 9.73. The molecular formula is C12H7BrF2N2O3. The van der Waals surface area contributed by atoms with Crippen molar-refractivity contribution in [2.75, 3.05) is 5.73 Å². The van der Waals surface area contributed by atoms with E-state index in [1.54, 1.807) is 0 Å². The second-order valence-corrected chi connectivity index (χ2v) is 4.64. The molecule has 0 spiro atoms. The molecule has 0 saturated heterocycles. The van der Waals surface area contributed by atoms with Gasteiger partial charge in [-0.25, -0.2) is 14.2 Å². The van der Waals surface area contributed by atoms with Crippen molar-refractivity contribution in [2.24, 2.45) is 0 Å². The van der Waals surface area contributed by atoms with E-state index in [-0.39, 0.29) is 21.6 Å². The van der Waals surface area contributed by atoms with Crippen LogP contribution >= 0.6 is 15.9 Å². The normalized spacial score (nSPS) is 10.3. The Balaban J connectivity index is 2.38. The minimum Gasteiger partial charge on any atom is -0.478 e. The summed E-state index contributed by atoms with van der Waals surface area (Å²) < 4.78 is 32.1. The molecule has 0 bridgehead atoms. The highest BCUT2D eigenvalue weighted by atomic mass is 79.9. The Labute approximate surface area is 120 Å². The van der Waals surface area contributed by atoms with Crippen molar-refractivity contribution in [2.45, 2.75) is 0 Å². The zero-order chi connectivity index (χ0) is 14.9. The lowest BCUT2D eigenvalue weighted by molar-refractivity contribution is 0.0696. The number of carboxylic acids is 1. The van der Waals surface area contributed by atoms with Gasteiger partial charge in [-0.15, -0.1) is 0 Å². The average molecular weight is 345 g/mol. The van der Waals surface area contributed by atoms with Crippen molar-refractivity contribution >= 4 is 27.6 Å². The average Bonchev–Trinajstić information content (AvgIpc) is 2.37.